The molecule has 0 saturated carbocycles. The molecule has 114 valence electrons. The van der Waals surface area contributed by atoms with E-state index in [1.54, 1.807) is 7.05 Å². The Hall–Kier alpha value is -1.07. The van der Waals surface area contributed by atoms with E-state index in [0.717, 1.165) is 24.1 Å². The molecule has 1 aromatic carbocycles. The molecular weight excluding hydrogens is 267 g/mol. The molecule has 1 aromatic rings. The summed E-state index contributed by atoms with van der Waals surface area (Å²) < 4.78 is 43.5. The quantitative estimate of drug-likeness (QED) is 0.848. The van der Waals surface area contributed by atoms with Crippen molar-refractivity contribution in [2.75, 3.05) is 13.7 Å². The largest absolute Gasteiger partial charge is 0.416 e. The molecule has 0 aliphatic carbocycles. The first-order valence-electron chi connectivity index (χ1n) is 6.76. The van der Waals surface area contributed by atoms with Crippen molar-refractivity contribution in [3.63, 3.8) is 0 Å². The molecular formula is C15H22F3NO. The van der Waals surface area contributed by atoms with Crippen molar-refractivity contribution < 1.29 is 17.9 Å². The third-order valence-electron chi connectivity index (χ3n) is 3.65. The average Bonchev–Trinajstić information content (AvgIpc) is 2.39. The topological polar surface area (TPSA) is 21.3 Å². The van der Waals surface area contributed by atoms with Gasteiger partial charge in [-0.05, 0) is 45.0 Å². The van der Waals surface area contributed by atoms with Crippen LogP contribution >= 0.6 is 0 Å². The fourth-order valence-electron chi connectivity index (χ4n) is 2.41. The Balaban J connectivity index is 3.07. The molecule has 0 aliphatic rings. The number of benzene rings is 1. The third-order valence-corrected chi connectivity index (χ3v) is 3.65. The fraction of sp³-hybridized carbons (Fsp3) is 0.600. The maximum absolute atomic E-state index is 12.6. The summed E-state index contributed by atoms with van der Waals surface area (Å²) in [7, 11) is 1.79. The lowest BCUT2D eigenvalue weighted by Gasteiger charge is -2.37. The average molecular weight is 289 g/mol. The number of alkyl halides is 3. The van der Waals surface area contributed by atoms with Crippen LogP contribution < -0.4 is 5.32 Å². The Morgan fingerprint density at radius 1 is 1.15 bits per heavy atom. The lowest BCUT2D eigenvalue weighted by Crippen LogP contribution is -2.42. The summed E-state index contributed by atoms with van der Waals surface area (Å²) in [6.07, 6.45) is -3.55. The minimum absolute atomic E-state index is 0.158. The predicted octanol–water partition coefficient (Wildman–Crippen LogP) is 4.17. The maximum Gasteiger partial charge on any atom is 0.416 e. The molecule has 1 N–H and O–H groups in total. The van der Waals surface area contributed by atoms with Gasteiger partial charge in [-0.3, -0.25) is 0 Å². The summed E-state index contributed by atoms with van der Waals surface area (Å²) in [6.45, 7) is 6.44. The van der Waals surface area contributed by atoms with E-state index in [2.05, 4.69) is 5.32 Å². The first kappa shape index (κ1) is 17.0. The molecule has 2 atom stereocenters. The van der Waals surface area contributed by atoms with Crippen LogP contribution in [-0.4, -0.2) is 19.3 Å². The first-order chi connectivity index (χ1) is 9.28. The maximum atomic E-state index is 12.6. The summed E-state index contributed by atoms with van der Waals surface area (Å²) >= 11 is 0. The van der Waals surface area contributed by atoms with Gasteiger partial charge in [-0.25, -0.2) is 0 Å². The zero-order valence-corrected chi connectivity index (χ0v) is 12.3. The zero-order chi connectivity index (χ0) is 15.4. The van der Waals surface area contributed by atoms with Gasteiger partial charge in [0.15, 0.2) is 0 Å². The van der Waals surface area contributed by atoms with Gasteiger partial charge in [0.25, 0.3) is 0 Å². The molecule has 0 bridgehead atoms. The summed E-state index contributed by atoms with van der Waals surface area (Å²) in [5.74, 6) is 0. The van der Waals surface area contributed by atoms with Crippen molar-refractivity contribution in [1.82, 2.24) is 5.32 Å². The van der Waals surface area contributed by atoms with Crippen LogP contribution in [0.4, 0.5) is 13.2 Å². The Bertz CT molecular complexity index is 416. The molecule has 0 spiro atoms. The molecule has 0 saturated heterocycles. The highest BCUT2D eigenvalue weighted by Gasteiger charge is 2.35. The normalized spacial score (nSPS) is 16.8. The van der Waals surface area contributed by atoms with Crippen LogP contribution in [0.1, 0.15) is 44.4 Å². The number of nitrogens with one attached hydrogen (secondary N) is 1. The molecule has 0 fully saturated rings. The second-order valence-corrected chi connectivity index (χ2v) is 4.94. The van der Waals surface area contributed by atoms with Gasteiger partial charge in [0.1, 0.15) is 0 Å². The lowest BCUT2D eigenvalue weighted by molar-refractivity contribution is -0.137. The van der Waals surface area contributed by atoms with E-state index in [-0.39, 0.29) is 6.04 Å². The number of ether oxygens (including phenoxy) is 1. The molecule has 2 unspecified atom stereocenters. The molecule has 2 nitrogen and oxygen atoms in total. The van der Waals surface area contributed by atoms with Gasteiger partial charge in [0, 0.05) is 6.61 Å². The van der Waals surface area contributed by atoms with Crippen LogP contribution in [0.15, 0.2) is 24.3 Å². The van der Waals surface area contributed by atoms with Crippen LogP contribution in [0.5, 0.6) is 0 Å². The second-order valence-electron chi connectivity index (χ2n) is 4.94. The van der Waals surface area contributed by atoms with E-state index in [0.29, 0.717) is 6.61 Å². The second kappa shape index (κ2) is 6.59. The van der Waals surface area contributed by atoms with Crippen molar-refractivity contribution in [2.45, 2.75) is 45.0 Å². The van der Waals surface area contributed by atoms with Gasteiger partial charge in [-0.15, -0.1) is 0 Å². The predicted molar refractivity (Wildman–Crippen MR) is 73.6 cm³/mol. The van der Waals surface area contributed by atoms with E-state index in [9.17, 15) is 13.2 Å². The molecule has 0 amide bonds. The standard InChI is InChI=1S/C15H22F3NO/c1-5-14(3,20-6-2)13(19-4)11-7-9-12(10-8-11)15(16,17)18/h7-10,13,19H,5-6H2,1-4H3. The summed E-state index contributed by atoms with van der Waals surface area (Å²) in [5, 5.41) is 3.15. The van der Waals surface area contributed by atoms with E-state index in [1.165, 1.54) is 12.1 Å². The van der Waals surface area contributed by atoms with Crippen molar-refractivity contribution in [1.29, 1.82) is 0 Å². The van der Waals surface area contributed by atoms with Gasteiger partial charge in [0.05, 0.1) is 17.2 Å². The molecule has 0 aliphatic heterocycles. The van der Waals surface area contributed by atoms with Gasteiger partial charge in [-0.2, -0.15) is 13.2 Å². The first-order valence-corrected chi connectivity index (χ1v) is 6.76. The Morgan fingerprint density at radius 2 is 1.70 bits per heavy atom. The van der Waals surface area contributed by atoms with Crippen molar-refractivity contribution >= 4 is 0 Å². The number of halogens is 3. The van der Waals surface area contributed by atoms with Crippen molar-refractivity contribution in [2.24, 2.45) is 0 Å². The lowest BCUT2D eigenvalue weighted by atomic mass is 9.87. The summed E-state index contributed by atoms with van der Waals surface area (Å²) in [5.41, 5.74) is -0.299. The molecule has 0 aromatic heterocycles. The monoisotopic (exact) mass is 289 g/mol. The minimum Gasteiger partial charge on any atom is -0.374 e. The number of rotatable bonds is 6. The highest BCUT2D eigenvalue weighted by molar-refractivity contribution is 5.28. The number of hydrogen-bond acceptors (Lipinski definition) is 2. The van der Waals surface area contributed by atoms with Crippen LogP contribution in [-0.2, 0) is 10.9 Å². The van der Waals surface area contributed by atoms with Gasteiger partial charge < -0.3 is 10.1 Å². The van der Waals surface area contributed by atoms with Crippen molar-refractivity contribution in [3.8, 4) is 0 Å². The highest BCUT2D eigenvalue weighted by atomic mass is 19.4. The number of likely N-dealkylation sites (N-methyl/N-ethyl adjacent to an activating group) is 1. The molecule has 5 heteroatoms. The van der Waals surface area contributed by atoms with Crippen LogP contribution in [0.2, 0.25) is 0 Å². The van der Waals surface area contributed by atoms with Crippen LogP contribution in [0.3, 0.4) is 0 Å². The van der Waals surface area contributed by atoms with Gasteiger partial charge in [-0.1, -0.05) is 19.1 Å². The zero-order valence-electron chi connectivity index (χ0n) is 12.3. The van der Waals surface area contributed by atoms with E-state index in [4.69, 9.17) is 4.74 Å². The molecule has 20 heavy (non-hydrogen) atoms. The fourth-order valence-corrected chi connectivity index (χ4v) is 2.41. The Morgan fingerprint density at radius 3 is 2.05 bits per heavy atom. The smallest absolute Gasteiger partial charge is 0.374 e. The SMILES string of the molecule is CCOC(C)(CC)C(NC)c1ccc(C(F)(F)F)cc1. The molecule has 0 radical (unpaired) electrons. The van der Waals surface area contributed by atoms with E-state index < -0.39 is 17.3 Å². The summed E-state index contributed by atoms with van der Waals surface area (Å²) in [6, 6.07) is 5.09. The number of hydrogen-bond donors (Lipinski definition) is 1. The van der Waals surface area contributed by atoms with Crippen LogP contribution in [0.25, 0.3) is 0 Å². The highest BCUT2D eigenvalue weighted by Crippen LogP contribution is 2.34. The summed E-state index contributed by atoms with van der Waals surface area (Å²) in [4.78, 5) is 0. The van der Waals surface area contributed by atoms with Crippen molar-refractivity contribution in [3.05, 3.63) is 35.4 Å². The Labute approximate surface area is 118 Å². The third kappa shape index (κ3) is 3.73. The van der Waals surface area contributed by atoms with Gasteiger partial charge >= 0.3 is 6.18 Å². The van der Waals surface area contributed by atoms with Crippen LogP contribution in [0, 0.1) is 0 Å². The Kier molecular flexibility index (Phi) is 5.59. The molecule has 1 rings (SSSR count). The van der Waals surface area contributed by atoms with E-state index in [1.807, 2.05) is 20.8 Å². The van der Waals surface area contributed by atoms with Gasteiger partial charge in [0.2, 0.25) is 0 Å². The van der Waals surface area contributed by atoms with E-state index >= 15 is 0 Å². The molecule has 0 heterocycles. The minimum atomic E-state index is -4.30.